The molecule has 0 bridgehead atoms. The lowest BCUT2D eigenvalue weighted by Crippen LogP contribution is -2.11. The number of alkyl halides is 1. The van der Waals surface area contributed by atoms with Gasteiger partial charge in [-0.2, -0.15) is 0 Å². The predicted octanol–water partition coefficient (Wildman–Crippen LogP) is 4.26. The SMILES string of the molecule is COC(=O)Nc1ccc(OCc2nc(C)c(CCl)s2)cc1C. The Balaban J connectivity index is 2.01. The van der Waals surface area contributed by atoms with Crippen LogP contribution < -0.4 is 10.1 Å². The van der Waals surface area contributed by atoms with Crippen LogP contribution in [0.25, 0.3) is 0 Å². The van der Waals surface area contributed by atoms with Gasteiger partial charge in [0.25, 0.3) is 0 Å². The highest BCUT2D eigenvalue weighted by molar-refractivity contribution is 7.11. The highest BCUT2D eigenvalue weighted by atomic mass is 35.5. The van der Waals surface area contributed by atoms with Crippen molar-refractivity contribution in [2.24, 2.45) is 0 Å². The Labute approximate surface area is 138 Å². The van der Waals surface area contributed by atoms with E-state index in [1.807, 2.05) is 19.9 Å². The number of aromatic nitrogens is 1. The van der Waals surface area contributed by atoms with Crippen LogP contribution in [0, 0.1) is 13.8 Å². The van der Waals surface area contributed by atoms with E-state index in [0.29, 0.717) is 23.9 Å². The number of thiazole rings is 1. The first kappa shape index (κ1) is 16.6. The van der Waals surface area contributed by atoms with Gasteiger partial charge in [0, 0.05) is 10.6 Å². The van der Waals surface area contributed by atoms with Gasteiger partial charge in [-0.05, 0) is 37.6 Å². The van der Waals surface area contributed by atoms with Crippen LogP contribution in [-0.4, -0.2) is 18.2 Å². The zero-order valence-electron chi connectivity index (χ0n) is 12.6. The van der Waals surface area contributed by atoms with Gasteiger partial charge < -0.3 is 9.47 Å². The minimum atomic E-state index is -0.497. The lowest BCUT2D eigenvalue weighted by Gasteiger charge is -2.10. The Morgan fingerprint density at radius 1 is 1.41 bits per heavy atom. The number of halogens is 1. The molecule has 0 aliphatic carbocycles. The fourth-order valence-electron chi connectivity index (χ4n) is 1.85. The van der Waals surface area contributed by atoms with E-state index in [2.05, 4.69) is 15.0 Å². The highest BCUT2D eigenvalue weighted by Crippen LogP contribution is 2.24. The molecule has 1 aromatic carbocycles. The number of ether oxygens (including phenoxy) is 2. The number of benzene rings is 1. The number of hydrogen-bond acceptors (Lipinski definition) is 5. The summed E-state index contributed by atoms with van der Waals surface area (Å²) in [5, 5.41) is 3.53. The van der Waals surface area contributed by atoms with E-state index in [-0.39, 0.29) is 0 Å². The summed E-state index contributed by atoms with van der Waals surface area (Å²) >= 11 is 7.40. The standard InChI is InChI=1S/C15H17ClN2O3S/c1-9-6-11(4-5-12(9)18-15(19)20-3)21-8-14-17-10(2)13(7-16)22-14/h4-6H,7-8H2,1-3H3,(H,18,19). The fraction of sp³-hybridized carbons (Fsp3) is 0.333. The van der Waals surface area contributed by atoms with Gasteiger partial charge in [0.2, 0.25) is 0 Å². The average molecular weight is 341 g/mol. The van der Waals surface area contributed by atoms with E-state index in [0.717, 1.165) is 21.1 Å². The summed E-state index contributed by atoms with van der Waals surface area (Å²) in [6, 6.07) is 5.42. The van der Waals surface area contributed by atoms with E-state index < -0.39 is 6.09 Å². The molecule has 118 valence electrons. The lowest BCUT2D eigenvalue weighted by molar-refractivity contribution is 0.187. The molecule has 0 spiro atoms. The molecule has 0 saturated heterocycles. The van der Waals surface area contributed by atoms with E-state index >= 15 is 0 Å². The summed E-state index contributed by atoms with van der Waals surface area (Å²) in [5.41, 5.74) is 2.53. The normalized spacial score (nSPS) is 10.4. The highest BCUT2D eigenvalue weighted by Gasteiger charge is 2.08. The van der Waals surface area contributed by atoms with Crippen LogP contribution in [0.5, 0.6) is 5.75 Å². The monoisotopic (exact) mass is 340 g/mol. The summed E-state index contributed by atoms with van der Waals surface area (Å²) in [5.74, 6) is 1.18. The third-order valence-electron chi connectivity index (χ3n) is 3.04. The first-order valence-electron chi connectivity index (χ1n) is 6.63. The van der Waals surface area contributed by atoms with Crippen LogP contribution >= 0.6 is 22.9 Å². The topological polar surface area (TPSA) is 60.5 Å². The van der Waals surface area contributed by atoms with Crippen molar-refractivity contribution in [2.45, 2.75) is 26.3 Å². The first-order chi connectivity index (χ1) is 10.5. The zero-order valence-corrected chi connectivity index (χ0v) is 14.2. The molecule has 1 aromatic heterocycles. The van der Waals surface area contributed by atoms with Crippen molar-refractivity contribution in [3.8, 4) is 5.75 Å². The molecule has 0 saturated carbocycles. The molecule has 22 heavy (non-hydrogen) atoms. The number of nitrogens with zero attached hydrogens (tertiary/aromatic N) is 1. The number of amides is 1. The van der Waals surface area contributed by atoms with Crippen LogP contribution in [0.2, 0.25) is 0 Å². The van der Waals surface area contributed by atoms with Gasteiger partial charge in [0.05, 0.1) is 18.7 Å². The van der Waals surface area contributed by atoms with Crippen LogP contribution in [0.15, 0.2) is 18.2 Å². The summed E-state index contributed by atoms with van der Waals surface area (Å²) < 4.78 is 10.3. The maximum atomic E-state index is 11.2. The number of hydrogen-bond donors (Lipinski definition) is 1. The van der Waals surface area contributed by atoms with E-state index in [4.69, 9.17) is 16.3 Å². The molecule has 2 aromatic rings. The second-order valence-corrected chi connectivity index (χ2v) is 6.07. The molecule has 1 N–H and O–H groups in total. The molecule has 0 aliphatic rings. The second kappa shape index (κ2) is 7.47. The van der Waals surface area contributed by atoms with Crippen molar-refractivity contribution in [3.63, 3.8) is 0 Å². The van der Waals surface area contributed by atoms with Crippen molar-refractivity contribution in [1.82, 2.24) is 4.98 Å². The Morgan fingerprint density at radius 3 is 2.77 bits per heavy atom. The zero-order chi connectivity index (χ0) is 16.1. The van der Waals surface area contributed by atoms with Crippen molar-refractivity contribution < 1.29 is 14.3 Å². The van der Waals surface area contributed by atoms with Crippen LogP contribution in [0.4, 0.5) is 10.5 Å². The maximum Gasteiger partial charge on any atom is 0.411 e. The molecule has 2 rings (SSSR count). The van der Waals surface area contributed by atoms with Crippen LogP contribution in [-0.2, 0) is 17.2 Å². The number of rotatable bonds is 5. The first-order valence-corrected chi connectivity index (χ1v) is 7.98. The predicted molar refractivity (Wildman–Crippen MR) is 87.9 cm³/mol. The third-order valence-corrected chi connectivity index (χ3v) is 4.60. The van der Waals surface area contributed by atoms with E-state index in [1.165, 1.54) is 7.11 Å². The summed E-state index contributed by atoms with van der Waals surface area (Å²) in [6.45, 7) is 4.22. The molecule has 0 aliphatic heterocycles. The van der Waals surface area contributed by atoms with Crippen molar-refractivity contribution in [2.75, 3.05) is 12.4 Å². The quantitative estimate of drug-likeness (QED) is 0.826. The molecule has 1 heterocycles. The minimum Gasteiger partial charge on any atom is -0.486 e. The number of methoxy groups -OCH3 is 1. The molecule has 0 fully saturated rings. The summed E-state index contributed by atoms with van der Waals surface area (Å²) in [4.78, 5) is 16.7. The lowest BCUT2D eigenvalue weighted by atomic mass is 10.2. The number of carbonyl (C=O) groups is 1. The minimum absolute atomic E-state index is 0.394. The van der Waals surface area contributed by atoms with Gasteiger partial charge in [0.1, 0.15) is 17.4 Å². The van der Waals surface area contributed by atoms with Crippen molar-refractivity contribution >= 4 is 34.7 Å². The van der Waals surface area contributed by atoms with E-state index in [1.54, 1.807) is 23.5 Å². The van der Waals surface area contributed by atoms with Crippen LogP contribution in [0.1, 0.15) is 21.1 Å². The fourth-order valence-corrected chi connectivity index (χ4v) is 3.04. The molecule has 1 amide bonds. The average Bonchev–Trinajstić information content (AvgIpc) is 2.87. The Bertz CT molecular complexity index is 673. The van der Waals surface area contributed by atoms with E-state index in [9.17, 15) is 4.79 Å². The molecule has 0 radical (unpaired) electrons. The molecular weight excluding hydrogens is 324 g/mol. The smallest absolute Gasteiger partial charge is 0.411 e. The summed E-state index contributed by atoms with van der Waals surface area (Å²) in [6.07, 6.45) is -0.497. The third kappa shape index (κ3) is 4.11. The number of nitrogens with one attached hydrogen (secondary N) is 1. The Hall–Kier alpha value is -1.79. The van der Waals surface area contributed by atoms with Gasteiger partial charge in [-0.3, -0.25) is 5.32 Å². The molecule has 7 heteroatoms. The maximum absolute atomic E-state index is 11.2. The van der Waals surface area contributed by atoms with Gasteiger partial charge in [-0.25, -0.2) is 9.78 Å². The van der Waals surface area contributed by atoms with Gasteiger partial charge in [0.15, 0.2) is 0 Å². The molecule has 5 nitrogen and oxygen atoms in total. The molecule has 0 unspecified atom stereocenters. The van der Waals surface area contributed by atoms with Crippen LogP contribution in [0.3, 0.4) is 0 Å². The summed E-state index contributed by atoms with van der Waals surface area (Å²) in [7, 11) is 1.33. The van der Waals surface area contributed by atoms with Crippen molar-refractivity contribution in [3.05, 3.63) is 39.3 Å². The Kier molecular flexibility index (Phi) is 5.63. The van der Waals surface area contributed by atoms with Gasteiger partial charge in [-0.15, -0.1) is 22.9 Å². The number of anilines is 1. The van der Waals surface area contributed by atoms with Crippen molar-refractivity contribution in [1.29, 1.82) is 0 Å². The Morgan fingerprint density at radius 2 is 2.18 bits per heavy atom. The number of aryl methyl sites for hydroxylation is 2. The molecule has 0 atom stereocenters. The largest absolute Gasteiger partial charge is 0.486 e. The van der Waals surface area contributed by atoms with Gasteiger partial charge in [-0.1, -0.05) is 0 Å². The second-order valence-electron chi connectivity index (χ2n) is 4.63. The number of carbonyl (C=O) groups excluding carboxylic acids is 1. The van der Waals surface area contributed by atoms with Gasteiger partial charge >= 0.3 is 6.09 Å². The molecular formula is C15H17ClN2O3S.